The van der Waals surface area contributed by atoms with Gasteiger partial charge in [0.25, 0.3) is 0 Å². The summed E-state index contributed by atoms with van der Waals surface area (Å²) in [6, 6.07) is 0.315. The van der Waals surface area contributed by atoms with Crippen molar-refractivity contribution in [2.45, 2.75) is 53.5 Å². The first-order valence-corrected chi connectivity index (χ1v) is 5.75. The third-order valence-corrected chi connectivity index (χ3v) is 2.87. The Hall–Kier alpha value is -0.300. The topological polar surface area (TPSA) is 26.0 Å². The molecule has 0 spiro atoms. The molecule has 2 atom stereocenters. The van der Waals surface area contributed by atoms with Crippen molar-refractivity contribution in [1.29, 1.82) is 0 Å². The van der Waals surface area contributed by atoms with Crippen LogP contribution in [-0.4, -0.2) is 6.04 Å². The standard InChI is InChI=1S/C13H27N/c1-9(2)7-12(10(3)4)8-13(14)11(5)6/h9,11-13H,3,7-8,14H2,1-2,4-6H3. The molecule has 14 heavy (non-hydrogen) atoms. The highest BCUT2D eigenvalue weighted by Crippen LogP contribution is 2.24. The SMILES string of the molecule is C=C(C)C(CC(C)C)CC(N)C(C)C. The summed E-state index contributed by atoms with van der Waals surface area (Å²) >= 11 is 0. The molecule has 2 N–H and O–H groups in total. The molecule has 0 radical (unpaired) electrons. The molecule has 0 aromatic carbocycles. The van der Waals surface area contributed by atoms with E-state index in [-0.39, 0.29) is 0 Å². The fraction of sp³-hybridized carbons (Fsp3) is 0.846. The molecule has 84 valence electrons. The van der Waals surface area contributed by atoms with Crippen LogP contribution in [-0.2, 0) is 0 Å². The molecule has 0 aliphatic heterocycles. The Morgan fingerprint density at radius 2 is 1.64 bits per heavy atom. The van der Waals surface area contributed by atoms with Gasteiger partial charge in [0.2, 0.25) is 0 Å². The molecular weight excluding hydrogens is 170 g/mol. The Kier molecular flexibility index (Phi) is 6.10. The molecule has 1 nitrogen and oxygen atoms in total. The molecule has 0 amide bonds. The highest BCUT2D eigenvalue weighted by atomic mass is 14.6. The van der Waals surface area contributed by atoms with E-state index in [0.717, 1.165) is 12.3 Å². The Morgan fingerprint density at radius 1 is 1.14 bits per heavy atom. The Morgan fingerprint density at radius 3 is 1.93 bits per heavy atom. The van der Waals surface area contributed by atoms with Crippen LogP contribution in [0, 0.1) is 17.8 Å². The van der Waals surface area contributed by atoms with E-state index < -0.39 is 0 Å². The number of hydrogen-bond donors (Lipinski definition) is 1. The predicted octanol–water partition coefficient (Wildman–Crippen LogP) is 3.60. The minimum Gasteiger partial charge on any atom is -0.327 e. The van der Waals surface area contributed by atoms with Gasteiger partial charge in [-0.15, -0.1) is 0 Å². The molecule has 0 heterocycles. The fourth-order valence-corrected chi connectivity index (χ4v) is 1.67. The van der Waals surface area contributed by atoms with Crippen LogP contribution in [0.3, 0.4) is 0 Å². The average molecular weight is 197 g/mol. The molecule has 0 rings (SSSR count). The van der Waals surface area contributed by atoms with E-state index in [0.29, 0.717) is 17.9 Å². The first kappa shape index (κ1) is 13.7. The zero-order valence-electron chi connectivity index (χ0n) is 10.5. The van der Waals surface area contributed by atoms with Crippen LogP contribution in [0.25, 0.3) is 0 Å². The van der Waals surface area contributed by atoms with E-state index in [1.807, 2.05) is 0 Å². The molecule has 0 saturated heterocycles. The lowest BCUT2D eigenvalue weighted by molar-refractivity contribution is 0.359. The van der Waals surface area contributed by atoms with Crippen molar-refractivity contribution in [2.75, 3.05) is 0 Å². The van der Waals surface area contributed by atoms with Crippen molar-refractivity contribution in [3.8, 4) is 0 Å². The minimum absolute atomic E-state index is 0.315. The molecule has 0 fully saturated rings. The summed E-state index contributed by atoms with van der Waals surface area (Å²) in [5.41, 5.74) is 7.38. The van der Waals surface area contributed by atoms with Gasteiger partial charge in [0.1, 0.15) is 0 Å². The first-order chi connectivity index (χ1) is 6.34. The lowest BCUT2D eigenvalue weighted by Crippen LogP contribution is -2.29. The highest BCUT2D eigenvalue weighted by molar-refractivity contribution is 4.97. The van der Waals surface area contributed by atoms with Gasteiger partial charge in [-0.25, -0.2) is 0 Å². The third kappa shape index (κ3) is 5.43. The molecule has 0 aliphatic carbocycles. The van der Waals surface area contributed by atoms with Gasteiger partial charge in [-0.2, -0.15) is 0 Å². The van der Waals surface area contributed by atoms with Gasteiger partial charge in [0.05, 0.1) is 0 Å². The lowest BCUT2D eigenvalue weighted by atomic mass is 9.84. The smallest absolute Gasteiger partial charge is 0.00675 e. The number of nitrogens with two attached hydrogens (primary N) is 1. The van der Waals surface area contributed by atoms with Gasteiger partial charge in [-0.1, -0.05) is 39.8 Å². The number of hydrogen-bond acceptors (Lipinski definition) is 1. The predicted molar refractivity (Wildman–Crippen MR) is 65.2 cm³/mol. The van der Waals surface area contributed by atoms with Crippen LogP contribution in [0.1, 0.15) is 47.5 Å². The van der Waals surface area contributed by atoms with Crippen molar-refractivity contribution < 1.29 is 0 Å². The second-order valence-corrected chi connectivity index (χ2v) is 5.32. The van der Waals surface area contributed by atoms with Gasteiger partial charge in [0.15, 0.2) is 0 Å². The monoisotopic (exact) mass is 197 g/mol. The summed E-state index contributed by atoms with van der Waals surface area (Å²) in [7, 11) is 0. The Labute approximate surface area is 89.8 Å². The molecule has 1 heteroatoms. The van der Waals surface area contributed by atoms with Crippen molar-refractivity contribution in [2.24, 2.45) is 23.5 Å². The maximum absolute atomic E-state index is 6.09. The van der Waals surface area contributed by atoms with Gasteiger partial charge in [0, 0.05) is 6.04 Å². The fourth-order valence-electron chi connectivity index (χ4n) is 1.67. The van der Waals surface area contributed by atoms with Gasteiger partial charge < -0.3 is 5.73 Å². The summed E-state index contributed by atoms with van der Waals surface area (Å²) in [6.45, 7) is 15.1. The first-order valence-electron chi connectivity index (χ1n) is 5.75. The van der Waals surface area contributed by atoms with Gasteiger partial charge >= 0.3 is 0 Å². The maximum atomic E-state index is 6.09. The molecule has 0 bridgehead atoms. The normalized spacial score (nSPS) is 16.0. The van der Waals surface area contributed by atoms with E-state index >= 15 is 0 Å². The lowest BCUT2D eigenvalue weighted by Gasteiger charge is -2.25. The molecule has 0 aliphatic rings. The van der Waals surface area contributed by atoms with Crippen LogP contribution in [0.4, 0.5) is 0 Å². The summed E-state index contributed by atoms with van der Waals surface area (Å²) in [4.78, 5) is 0. The number of allylic oxidation sites excluding steroid dienone is 1. The summed E-state index contributed by atoms with van der Waals surface area (Å²) in [6.07, 6.45) is 2.31. The molecular formula is C13H27N. The quantitative estimate of drug-likeness (QED) is 0.647. The van der Waals surface area contributed by atoms with E-state index in [2.05, 4.69) is 41.2 Å². The van der Waals surface area contributed by atoms with Crippen molar-refractivity contribution in [3.05, 3.63) is 12.2 Å². The molecule has 0 saturated carbocycles. The van der Waals surface area contributed by atoms with Crippen LogP contribution in [0.5, 0.6) is 0 Å². The summed E-state index contributed by atoms with van der Waals surface area (Å²) in [5, 5.41) is 0. The maximum Gasteiger partial charge on any atom is 0.00675 e. The summed E-state index contributed by atoms with van der Waals surface area (Å²) in [5.74, 6) is 1.91. The van der Waals surface area contributed by atoms with Crippen molar-refractivity contribution >= 4 is 0 Å². The third-order valence-electron chi connectivity index (χ3n) is 2.87. The largest absolute Gasteiger partial charge is 0.327 e. The van der Waals surface area contributed by atoms with Crippen LogP contribution in [0.15, 0.2) is 12.2 Å². The van der Waals surface area contributed by atoms with Gasteiger partial charge in [-0.05, 0) is 37.5 Å². The van der Waals surface area contributed by atoms with E-state index in [9.17, 15) is 0 Å². The van der Waals surface area contributed by atoms with E-state index in [4.69, 9.17) is 5.73 Å². The average Bonchev–Trinajstić information content (AvgIpc) is 2.01. The van der Waals surface area contributed by atoms with Crippen LogP contribution >= 0.6 is 0 Å². The zero-order chi connectivity index (χ0) is 11.3. The summed E-state index contributed by atoms with van der Waals surface area (Å²) < 4.78 is 0. The van der Waals surface area contributed by atoms with Crippen molar-refractivity contribution in [1.82, 2.24) is 0 Å². The minimum atomic E-state index is 0.315. The second-order valence-electron chi connectivity index (χ2n) is 5.32. The number of rotatable bonds is 6. The Balaban J connectivity index is 4.16. The zero-order valence-corrected chi connectivity index (χ0v) is 10.5. The van der Waals surface area contributed by atoms with E-state index in [1.165, 1.54) is 12.0 Å². The van der Waals surface area contributed by atoms with E-state index in [1.54, 1.807) is 0 Å². The van der Waals surface area contributed by atoms with Gasteiger partial charge in [-0.3, -0.25) is 0 Å². The molecule has 2 unspecified atom stereocenters. The molecule has 0 aromatic rings. The van der Waals surface area contributed by atoms with Crippen molar-refractivity contribution in [3.63, 3.8) is 0 Å². The van der Waals surface area contributed by atoms with Crippen LogP contribution in [0.2, 0.25) is 0 Å². The molecule has 0 aromatic heterocycles. The van der Waals surface area contributed by atoms with Crippen LogP contribution < -0.4 is 5.73 Å². The Bertz CT molecular complexity index is 170. The highest BCUT2D eigenvalue weighted by Gasteiger charge is 2.17. The second kappa shape index (κ2) is 6.23.